The van der Waals surface area contributed by atoms with Crippen molar-refractivity contribution in [3.63, 3.8) is 0 Å². The molecule has 1 aliphatic carbocycles. The molecule has 1 aromatic heterocycles. The van der Waals surface area contributed by atoms with Crippen molar-refractivity contribution in [2.45, 2.75) is 59.0 Å². The van der Waals surface area contributed by atoms with Crippen molar-refractivity contribution in [2.24, 2.45) is 5.92 Å². The molecule has 0 atom stereocenters. The highest BCUT2D eigenvalue weighted by Crippen LogP contribution is 2.29. The van der Waals surface area contributed by atoms with E-state index in [1.165, 1.54) is 25.7 Å². The van der Waals surface area contributed by atoms with Gasteiger partial charge in [0, 0.05) is 18.8 Å². The fourth-order valence-corrected chi connectivity index (χ4v) is 2.36. The van der Waals surface area contributed by atoms with Crippen LogP contribution < -0.4 is 5.32 Å². The van der Waals surface area contributed by atoms with E-state index in [4.69, 9.17) is 0 Å². The number of anilines is 1. The molecule has 0 saturated heterocycles. The van der Waals surface area contributed by atoms with Crippen LogP contribution in [0.1, 0.15) is 45.2 Å². The largest absolute Gasteiger partial charge is 0.353 e. The van der Waals surface area contributed by atoms with E-state index in [9.17, 15) is 0 Å². The van der Waals surface area contributed by atoms with Crippen LogP contribution in [0.4, 0.5) is 5.95 Å². The molecule has 3 heteroatoms. The lowest BCUT2D eigenvalue weighted by atomic mass is 9.82. The van der Waals surface area contributed by atoms with Crippen molar-refractivity contribution in [3.8, 4) is 0 Å². The van der Waals surface area contributed by atoms with Gasteiger partial charge < -0.3 is 9.88 Å². The second-order valence-corrected chi connectivity index (χ2v) is 5.17. The van der Waals surface area contributed by atoms with Crippen molar-refractivity contribution in [3.05, 3.63) is 11.9 Å². The third-order valence-electron chi connectivity index (χ3n) is 3.36. The van der Waals surface area contributed by atoms with Gasteiger partial charge in [-0.05, 0) is 32.1 Å². The Morgan fingerprint density at radius 3 is 2.88 bits per heavy atom. The van der Waals surface area contributed by atoms with Crippen LogP contribution in [-0.4, -0.2) is 15.6 Å². The topological polar surface area (TPSA) is 29.9 Å². The minimum absolute atomic E-state index is 0.650. The lowest BCUT2D eigenvalue weighted by Crippen LogP contribution is -2.34. The zero-order chi connectivity index (χ0) is 11.5. The number of aryl methyl sites for hydroxylation is 2. The van der Waals surface area contributed by atoms with Crippen LogP contribution in [0.15, 0.2) is 6.20 Å². The standard InChI is InChI=1S/C13H23N3/c1-4-5-6-16-9-11(3)14-13(16)15-12-7-10(2)8-12/h9-10,12H,4-8H2,1-3H3,(H,14,15). The maximum absolute atomic E-state index is 4.56. The highest BCUT2D eigenvalue weighted by Gasteiger charge is 2.26. The Kier molecular flexibility index (Phi) is 3.52. The molecule has 1 heterocycles. The quantitative estimate of drug-likeness (QED) is 0.827. The van der Waals surface area contributed by atoms with Gasteiger partial charge >= 0.3 is 0 Å². The fraction of sp³-hybridized carbons (Fsp3) is 0.769. The lowest BCUT2D eigenvalue weighted by Gasteiger charge is -2.33. The molecule has 16 heavy (non-hydrogen) atoms. The van der Waals surface area contributed by atoms with Crippen molar-refractivity contribution >= 4 is 5.95 Å². The maximum Gasteiger partial charge on any atom is 0.203 e. The van der Waals surface area contributed by atoms with E-state index in [1.807, 2.05) is 0 Å². The van der Waals surface area contributed by atoms with Gasteiger partial charge in [-0.2, -0.15) is 0 Å². The first kappa shape index (κ1) is 11.5. The van der Waals surface area contributed by atoms with Gasteiger partial charge in [-0.3, -0.25) is 0 Å². The summed E-state index contributed by atoms with van der Waals surface area (Å²) in [7, 11) is 0. The molecule has 1 aromatic rings. The molecule has 1 saturated carbocycles. The monoisotopic (exact) mass is 221 g/mol. The second kappa shape index (κ2) is 4.89. The molecule has 1 N–H and O–H groups in total. The smallest absolute Gasteiger partial charge is 0.203 e. The predicted octanol–water partition coefficient (Wildman–Crippen LogP) is 3.20. The molecule has 0 spiro atoms. The summed E-state index contributed by atoms with van der Waals surface area (Å²) in [4.78, 5) is 4.56. The molecule has 0 amide bonds. The van der Waals surface area contributed by atoms with E-state index in [1.54, 1.807) is 0 Å². The molecule has 2 rings (SSSR count). The lowest BCUT2D eigenvalue weighted by molar-refractivity contribution is 0.307. The van der Waals surface area contributed by atoms with Gasteiger partial charge in [0.05, 0.1) is 5.69 Å². The Bertz CT molecular complexity index is 337. The number of rotatable bonds is 5. The SMILES string of the molecule is CCCCn1cc(C)nc1NC1CC(C)C1. The van der Waals surface area contributed by atoms with Crippen molar-refractivity contribution in [2.75, 3.05) is 5.32 Å². The van der Waals surface area contributed by atoms with E-state index in [-0.39, 0.29) is 0 Å². The van der Waals surface area contributed by atoms with Crippen LogP contribution in [0, 0.1) is 12.8 Å². The molecule has 3 nitrogen and oxygen atoms in total. The van der Waals surface area contributed by atoms with E-state index < -0.39 is 0 Å². The van der Waals surface area contributed by atoms with Crippen LogP contribution in [-0.2, 0) is 6.54 Å². The molecule has 0 aromatic carbocycles. The highest BCUT2D eigenvalue weighted by molar-refractivity contribution is 5.31. The van der Waals surface area contributed by atoms with Crippen LogP contribution in [0.25, 0.3) is 0 Å². The average molecular weight is 221 g/mol. The summed E-state index contributed by atoms with van der Waals surface area (Å²) < 4.78 is 2.27. The molecule has 0 unspecified atom stereocenters. The highest BCUT2D eigenvalue weighted by atomic mass is 15.2. The summed E-state index contributed by atoms with van der Waals surface area (Å²) in [5.41, 5.74) is 1.12. The Hall–Kier alpha value is -0.990. The number of unbranched alkanes of at least 4 members (excludes halogenated alkanes) is 1. The second-order valence-electron chi connectivity index (χ2n) is 5.17. The number of hydrogen-bond acceptors (Lipinski definition) is 2. The molecule has 0 bridgehead atoms. The van der Waals surface area contributed by atoms with E-state index in [0.717, 1.165) is 24.1 Å². The van der Waals surface area contributed by atoms with Gasteiger partial charge in [-0.15, -0.1) is 0 Å². The number of aromatic nitrogens is 2. The first-order valence-electron chi connectivity index (χ1n) is 6.49. The third-order valence-corrected chi connectivity index (χ3v) is 3.36. The van der Waals surface area contributed by atoms with Crippen LogP contribution in [0.3, 0.4) is 0 Å². The minimum Gasteiger partial charge on any atom is -0.353 e. The van der Waals surface area contributed by atoms with E-state index >= 15 is 0 Å². The first-order valence-corrected chi connectivity index (χ1v) is 6.49. The van der Waals surface area contributed by atoms with Gasteiger partial charge in [0.15, 0.2) is 0 Å². The molecule has 1 fully saturated rings. The van der Waals surface area contributed by atoms with E-state index in [0.29, 0.717) is 6.04 Å². The molecular formula is C13H23N3. The number of imidazole rings is 1. The third kappa shape index (κ3) is 2.57. The van der Waals surface area contributed by atoms with Gasteiger partial charge in [-0.1, -0.05) is 20.3 Å². The Morgan fingerprint density at radius 1 is 1.50 bits per heavy atom. The van der Waals surface area contributed by atoms with Crippen LogP contribution in [0.5, 0.6) is 0 Å². The number of hydrogen-bond donors (Lipinski definition) is 1. The molecule has 0 radical (unpaired) electrons. The molecule has 0 aliphatic heterocycles. The van der Waals surface area contributed by atoms with Crippen LogP contribution >= 0.6 is 0 Å². The zero-order valence-electron chi connectivity index (χ0n) is 10.7. The van der Waals surface area contributed by atoms with Crippen molar-refractivity contribution in [1.29, 1.82) is 0 Å². The van der Waals surface area contributed by atoms with E-state index in [2.05, 4.69) is 41.8 Å². The Balaban J connectivity index is 1.96. The molecular weight excluding hydrogens is 198 g/mol. The summed E-state index contributed by atoms with van der Waals surface area (Å²) in [6.07, 6.45) is 7.20. The number of nitrogens with one attached hydrogen (secondary N) is 1. The van der Waals surface area contributed by atoms with Crippen molar-refractivity contribution in [1.82, 2.24) is 9.55 Å². The predicted molar refractivity (Wildman–Crippen MR) is 67.7 cm³/mol. The van der Waals surface area contributed by atoms with Gasteiger partial charge in [0.2, 0.25) is 5.95 Å². The summed E-state index contributed by atoms with van der Waals surface area (Å²) in [6, 6.07) is 0.650. The normalized spacial score (nSPS) is 24.2. The summed E-state index contributed by atoms with van der Waals surface area (Å²) in [6.45, 7) is 7.69. The minimum atomic E-state index is 0.650. The molecule has 1 aliphatic rings. The number of nitrogens with zero attached hydrogens (tertiary/aromatic N) is 2. The Morgan fingerprint density at radius 2 is 2.25 bits per heavy atom. The summed E-state index contributed by atoms with van der Waals surface area (Å²) >= 11 is 0. The van der Waals surface area contributed by atoms with Crippen molar-refractivity contribution < 1.29 is 0 Å². The summed E-state index contributed by atoms with van der Waals surface area (Å²) in [5, 5.41) is 3.56. The first-order chi connectivity index (χ1) is 7.69. The zero-order valence-corrected chi connectivity index (χ0v) is 10.7. The molecule has 90 valence electrons. The summed E-state index contributed by atoms with van der Waals surface area (Å²) in [5.74, 6) is 1.96. The Labute approximate surface area is 98.3 Å². The maximum atomic E-state index is 4.56. The average Bonchev–Trinajstić information content (AvgIpc) is 2.54. The fourth-order valence-electron chi connectivity index (χ4n) is 2.36. The van der Waals surface area contributed by atoms with Gasteiger partial charge in [0.1, 0.15) is 0 Å². The van der Waals surface area contributed by atoms with Gasteiger partial charge in [-0.25, -0.2) is 4.98 Å². The van der Waals surface area contributed by atoms with Crippen LogP contribution in [0.2, 0.25) is 0 Å². The van der Waals surface area contributed by atoms with Gasteiger partial charge in [0.25, 0.3) is 0 Å².